The first-order valence-corrected chi connectivity index (χ1v) is 9.62. The molecule has 0 aliphatic carbocycles. The van der Waals surface area contributed by atoms with E-state index in [1.807, 2.05) is 6.20 Å². The highest BCUT2D eigenvalue weighted by atomic mass is 31.0. The maximum atomic E-state index is 5.64. The molecule has 2 aromatic heterocycles. The number of H-pyrrole nitrogens is 1. The molecule has 4 unspecified atom stereocenters. The van der Waals surface area contributed by atoms with Gasteiger partial charge in [0.25, 0.3) is 0 Å². The van der Waals surface area contributed by atoms with Crippen LogP contribution in [0.2, 0.25) is 0 Å². The van der Waals surface area contributed by atoms with E-state index in [-0.39, 0.29) is 24.3 Å². The van der Waals surface area contributed by atoms with Crippen molar-refractivity contribution in [1.29, 1.82) is 0 Å². The number of fused-ring (bicyclic) bond motifs is 1. The summed E-state index contributed by atoms with van der Waals surface area (Å²) in [5.41, 5.74) is 2.69. The SMILES string of the molecule is PCOC[C@H]1N[C@@H](c2c[nH]c3c(NP)ncnc23)[C@H](OP)[C@@H]1OP. The lowest BCUT2D eigenvalue weighted by Crippen LogP contribution is -2.37. The van der Waals surface area contributed by atoms with Crippen LogP contribution in [-0.2, 0) is 13.8 Å². The molecule has 2 aromatic rings. The summed E-state index contributed by atoms with van der Waals surface area (Å²) in [6.45, 7) is 0.527. The molecule has 0 amide bonds. The highest BCUT2D eigenvalue weighted by Crippen LogP contribution is 2.37. The van der Waals surface area contributed by atoms with Crippen LogP contribution in [0.25, 0.3) is 11.0 Å². The van der Waals surface area contributed by atoms with Gasteiger partial charge in [-0.3, -0.25) is 0 Å². The van der Waals surface area contributed by atoms with Gasteiger partial charge in [-0.25, -0.2) is 9.97 Å². The minimum absolute atomic E-state index is 0.00436. The number of rotatable bonds is 7. The van der Waals surface area contributed by atoms with Crippen LogP contribution < -0.4 is 10.4 Å². The standard InChI is InChI=1S/C12H21N5O3P4/c21-4-18-2-6-10(19-23)11(20-24)8(16-6)5-1-13-9-7(5)14-3-15-12(9)17-22/h1,3,6,8,10-11,13,16H,2,4,21-24H2,(H,14,15,17)/t6-,8+,10-,11+/m1/s1. The first-order chi connectivity index (χ1) is 11.7. The molecular weight excluding hydrogens is 386 g/mol. The monoisotopic (exact) mass is 407 g/mol. The molecule has 1 aliphatic heterocycles. The Bertz CT molecular complexity index is 690. The smallest absolute Gasteiger partial charge is 0.156 e. The zero-order chi connectivity index (χ0) is 17.1. The summed E-state index contributed by atoms with van der Waals surface area (Å²) in [5, 5.41) is 6.53. The van der Waals surface area contributed by atoms with E-state index in [1.165, 1.54) is 6.33 Å². The minimum atomic E-state index is -0.202. The molecule has 0 bridgehead atoms. The van der Waals surface area contributed by atoms with Crippen molar-refractivity contribution in [3.8, 4) is 0 Å². The van der Waals surface area contributed by atoms with Crippen LogP contribution in [0.15, 0.2) is 12.5 Å². The topological polar surface area (TPSA) is 93.3 Å². The summed E-state index contributed by atoms with van der Waals surface area (Å²) >= 11 is 0. The predicted octanol–water partition coefficient (Wildman–Crippen LogP) is 1.37. The van der Waals surface area contributed by atoms with Crippen LogP contribution >= 0.6 is 37.6 Å². The second kappa shape index (κ2) is 8.58. The van der Waals surface area contributed by atoms with Crippen LogP contribution in [0.5, 0.6) is 0 Å². The molecule has 24 heavy (non-hydrogen) atoms. The maximum absolute atomic E-state index is 5.64. The number of aromatic nitrogens is 3. The number of aromatic amines is 1. The van der Waals surface area contributed by atoms with Gasteiger partial charge in [-0.2, -0.15) is 0 Å². The Balaban J connectivity index is 1.95. The Morgan fingerprint density at radius 2 is 2.00 bits per heavy atom. The van der Waals surface area contributed by atoms with Crippen LogP contribution in [0, 0.1) is 0 Å². The van der Waals surface area contributed by atoms with Crippen LogP contribution in [0.3, 0.4) is 0 Å². The van der Waals surface area contributed by atoms with Crippen molar-refractivity contribution in [1.82, 2.24) is 20.3 Å². The molecule has 8 nitrogen and oxygen atoms in total. The van der Waals surface area contributed by atoms with Crippen LogP contribution in [0.1, 0.15) is 11.6 Å². The fraction of sp³-hybridized carbons (Fsp3) is 0.500. The molecule has 1 saturated heterocycles. The van der Waals surface area contributed by atoms with E-state index < -0.39 is 0 Å². The largest absolute Gasteiger partial charge is 0.376 e. The molecular formula is C12H21N5O3P4. The summed E-state index contributed by atoms with van der Waals surface area (Å²) in [4.78, 5) is 11.9. The fourth-order valence-corrected chi connectivity index (χ4v) is 4.09. The molecule has 3 rings (SSSR count). The second-order valence-electron chi connectivity index (χ2n) is 5.32. The van der Waals surface area contributed by atoms with E-state index in [4.69, 9.17) is 13.8 Å². The van der Waals surface area contributed by atoms with Gasteiger partial charge in [-0.05, 0) is 9.39 Å². The Hall–Kier alpha value is -0.0200. The molecule has 132 valence electrons. The zero-order valence-corrected chi connectivity index (χ0v) is 17.4. The van der Waals surface area contributed by atoms with Gasteiger partial charge >= 0.3 is 0 Å². The summed E-state index contributed by atoms with van der Waals surface area (Å²) < 4.78 is 16.8. The molecule has 1 aliphatic rings. The number of nitrogens with zero attached hydrogens (tertiary/aromatic N) is 2. The average Bonchev–Trinajstić information content (AvgIpc) is 3.19. The Kier molecular flexibility index (Phi) is 6.70. The van der Waals surface area contributed by atoms with Gasteiger partial charge in [0.05, 0.1) is 30.6 Å². The Morgan fingerprint density at radius 3 is 2.67 bits per heavy atom. The molecule has 0 spiro atoms. The van der Waals surface area contributed by atoms with Gasteiger partial charge in [0.2, 0.25) is 0 Å². The highest BCUT2D eigenvalue weighted by molar-refractivity contribution is 7.18. The van der Waals surface area contributed by atoms with Crippen molar-refractivity contribution < 1.29 is 13.8 Å². The minimum Gasteiger partial charge on any atom is -0.376 e. The molecule has 0 aromatic carbocycles. The maximum Gasteiger partial charge on any atom is 0.156 e. The zero-order valence-electron chi connectivity index (χ0n) is 12.8. The van der Waals surface area contributed by atoms with E-state index in [0.717, 1.165) is 22.4 Å². The molecule has 3 N–H and O–H groups in total. The third-order valence-electron chi connectivity index (χ3n) is 4.14. The van der Waals surface area contributed by atoms with Crippen LogP contribution in [0.4, 0.5) is 5.82 Å². The Labute approximate surface area is 149 Å². The van der Waals surface area contributed by atoms with Gasteiger partial charge in [0, 0.05) is 30.7 Å². The van der Waals surface area contributed by atoms with Crippen molar-refractivity contribution in [2.24, 2.45) is 0 Å². The number of nitrogens with one attached hydrogen (secondary N) is 3. The van der Waals surface area contributed by atoms with Crippen molar-refractivity contribution >= 4 is 54.4 Å². The summed E-state index contributed by atoms with van der Waals surface area (Å²) in [5.74, 6) is 0.722. The molecule has 1 fully saturated rings. The average molecular weight is 407 g/mol. The molecule has 8 atom stereocenters. The van der Waals surface area contributed by atoms with E-state index in [0.29, 0.717) is 13.0 Å². The number of anilines is 1. The summed E-state index contributed by atoms with van der Waals surface area (Å²) in [7, 11) is 9.65. The normalized spacial score (nSPS) is 27.0. The third-order valence-corrected chi connectivity index (χ3v) is 5.27. The van der Waals surface area contributed by atoms with E-state index >= 15 is 0 Å². The van der Waals surface area contributed by atoms with Crippen molar-refractivity contribution in [2.45, 2.75) is 24.3 Å². The van der Waals surface area contributed by atoms with E-state index in [2.05, 4.69) is 62.9 Å². The molecule has 12 heteroatoms. The predicted molar refractivity (Wildman–Crippen MR) is 107 cm³/mol. The number of hydrogen-bond acceptors (Lipinski definition) is 7. The summed E-state index contributed by atoms with van der Waals surface area (Å²) in [6, 6.07) is -0.0862. The van der Waals surface area contributed by atoms with E-state index in [9.17, 15) is 0 Å². The lowest BCUT2D eigenvalue weighted by Gasteiger charge is -2.22. The molecule has 0 saturated carbocycles. The van der Waals surface area contributed by atoms with Crippen molar-refractivity contribution in [3.63, 3.8) is 0 Å². The van der Waals surface area contributed by atoms with Crippen molar-refractivity contribution in [2.75, 3.05) is 18.0 Å². The lowest BCUT2D eigenvalue weighted by atomic mass is 10.0. The first-order valence-electron chi connectivity index (χ1n) is 7.28. The lowest BCUT2D eigenvalue weighted by molar-refractivity contribution is 0.0640. The summed E-state index contributed by atoms with van der Waals surface area (Å²) in [6.07, 6.45) is 3.67. The van der Waals surface area contributed by atoms with Gasteiger partial charge in [-0.15, -0.1) is 9.24 Å². The highest BCUT2D eigenvalue weighted by Gasteiger charge is 2.45. The fourth-order valence-electron chi connectivity index (χ4n) is 3.08. The quantitative estimate of drug-likeness (QED) is 0.597. The van der Waals surface area contributed by atoms with E-state index in [1.54, 1.807) is 0 Å². The molecule has 0 radical (unpaired) electrons. The van der Waals surface area contributed by atoms with Gasteiger partial charge in [-0.1, -0.05) is 0 Å². The van der Waals surface area contributed by atoms with Gasteiger partial charge < -0.3 is 29.2 Å². The van der Waals surface area contributed by atoms with Crippen LogP contribution in [-0.4, -0.2) is 46.2 Å². The van der Waals surface area contributed by atoms with Gasteiger partial charge in [0.1, 0.15) is 24.1 Å². The Morgan fingerprint density at radius 1 is 1.21 bits per heavy atom. The second-order valence-corrected chi connectivity index (χ2v) is 6.49. The first kappa shape index (κ1) is 18.8. The van der Waals surface area contributed by atoms with Crippen molar-refractivity contribution in [3.05, 3.63) is 18.1 Å². The number of hydrogen-bond donors (Lipinski definition) is 3. The molecule has 3 heterocycles. The number of ether oxygens (including phenoxy) is 1. The third kappa shape index (κ3) is 3.45. The van der Waals surface area contributed by atoms with Gasteiger partial charge in [0.15, 0.2) is 5.82 Å².